The first-order valence-corrected chi connectivity index (χ1v) is 5.55. The van der Waals surface area contributed by atoms with Crippen LogP contribution in [0.1, 0.15) is 18.9 Å². The topological polar surface area (TPSA) is 12.0 Å². The lowest BCUT2D eigenvalue weighted by atomic mass is 9.96. The predicted octanol–water partition coefficient (Wildman–Crippen LogP) is 3.15. The highest BCUT2D eigenvalue weighted by atomic mass is 79.9. The fraction of sp³-hybridized carbons (Fsp3) is 0.455. The number of nitrogens with one attached hydrogen (secondary N) is 1. The normalized spacial score (nSPS) is 34.5. The van der Waals surface area contributed by atoms with E-state index in [0.717, 1.165) is 12.5 Å². The third-order valence-electron chi connectivity index (χ3n) is 3.57. The highest BCUT2D eigenvalue weighted by Gasteiger charge is 2.55. The fourth-order valence-electron chi connectivity index (χ4n) is 2.54. The Balaban J connectivity index is 2.15. The molecule has 1 aliphatic heterocycles. The summed E-state index contributed by atoms with van der Waals surface area (Å²) in [6, 6.07) is 6.57. The number of halogens is 1. The number of hydrogen-bond acceptors (Lipinski definition) is 1. The van der Waals surface area contributed by atoms with Gasteiger partial charge in [0.05, 0.1) is 0 Å². The lowest BCUT2D eigenvalue weighted by Crippen LogP contribution is -2.11. The Bertz CT molecular complexity index is 374. The average Bonchev–Trinajstić information content (AvgIpc) is 2.61. The molecule has 2 unspecified atom stereocenters. The van der Waals surface area contributed by atoms with Crippen LogP contribution in [0.4, 0.5) is 5.69 Å². The third-order valence-corrected chi connectivity index (χ3v) is 4.06. The van der Waals surface area contributed by atoms with Crippen LogP contribution in [0.2, 0.25) is 0 Å². The molecule has 0 bridgehead atoms. The summed E-state index contributed by atoms with van der Waals surface area (Å²) in [5.74, 6) is 0.857. The van der Waals surface area contributed by atoms with E-state index in [1.54, 1.807) is 0 Å². The first kappa shape index (κ1) is 7.86. The molecule has 1 N–H and O–H groups in total. The van der Waals surface area contributed by atoms with Crippen LogP contribution in [0.15, 0.2) is 22.7 Å². The quantitative estimate of drug-likeness (QED) is 0.732. The highest BCUT2D eigenvalue weighted by Crippen LogP contribution is 2.59. The molecule has 1 aromatic carbocycles. The molecule has 2 atom stereocenters. The number of anilines is 1. The molecule has 1 saturated carbocycles. The molecular formula is C11H12BrN. The Kier molecular flexibility index (Phi) is 1.39. The summed E-state index contributed by atoms with van der Waals surface area (Å²) < 4.78 is 1.20. The number of hydrogen-bond donors (Lipinski definition) is 1. The van der Waals surface area contributed by atoms with Crippen molar-refractivity contribution >= 4 is 21.6 Å². The summed E-state index contributed by atoms with van der Waals surface area (Å²) in [5, 5.41) is 3.49. The summed E-state index contributed by atoms with van der Waals surface area (Å²) >= 11 is 3.54. The van der Waals surface area contributed by atoms with Crippen LogP contribution in [0, 0.1) is 5.92 Å². The van der Waals surface area contributed by atoms with Gasteiger partial charge in [-0.3, -0.25) is 0 Å². The van der Waals surface area contributed by atoms with Crippen LogP contribution in [-0.2, 0) is 5.41 Å². The Hall–Kier alpha value is -0.500. The van der Waals surface area contributed by atoms with Crippen LogP contribution in [-0.4, -0.2) is 6.54 Å². The zero-order valence-corrected chi connectivity index (χ0v) is 9.19. The van der Waals surface area contributed by atoms with E-state index in [1.807, 2.05) is 0 Å². The molecule has 1 fully saturated rings. The fourth-order valence-corrected chi connectivity index (χ4v) is 2.90. The zero-order valence-electron chi connectivity index (χ0n) is 7.60. The Morgan fingerprint density at radius 1 is 1.54 bits per heavy atom. The third kappa shape index (κ3) is 0.925. The van der Waals surface area contributed by atoms with E-state index in [-0.39, 0.29) is 0 Å². The van der Waals surface area contributed by atoms with Crippen molar-refractivity contribution in [2.75, 3.05) is 11.9 Å². The van der Waals surface area contributed by atoms with E-state index in [2.05, 4.69) is 46.4 Å². The SMILES string of the molecule is CC1CC12CNc1ccc(Br)cc12. The molecule has 0 aromatic heterocycles. The monoisotopic (exact) mass is 237 g/mol. The van der Waals surface area contributed by atoms with Crippen LogP contribution in [0.3, 0.4) is 0 Å². The van der Waals surface area contributed by atoms with Crippen molar-refractivity contribution in [3.05, 3.63) is 28.2 Å². The van der Waals surface area contributed by atoms with Crippen LogP contribution >= 0.6 is 15.9 Å². The molecule has 1 spiro atoms. The van der Waals surface area contributed by atoms with Gasteiger partial charge in [-0.25, -0.2) is 0 Å². The van der Waals surface area contributed by atoms with Crippen LogP contribution in [0.5, 0.6) is 0 Å². The van der Waals surface area contributed by atoms with Gasteiger partial charge in [0, 0.05) is 22.1 Å². The number of rotatable bonds is 0. The van der Waals surface area contributed by atoms with E-state index in [0.29, 0.717) is 5.41 Å². The van der Waals surface area contributed by atoms with Crippen LogP contribution in [0.25, 0.3) is 0 Å². The predicted molar refractivity (Wildman–Crippen MR) is 58.1 cm³/mol. The minimum Gasteiger partial charge on any atom is -0.384 e. The van der Waals surface area contributed by atoms with Gasteiger partial charge in [-0.1, -0.05) is 22.9 Å². The molecular weight excluding hydrogens is 226 g/mol. The summed E-state index contributed by atoms with van der Waals surface area (Å²) in [6.45, 7) is 3.48. The summed E-state index contributed by atoms with van der Waals surface area (Å²) in [7, 11) is 0. The average molecular weight is 238 g/mol. The molecule has 0 radical (unpaired) electrons. The maximum atomic E-state index is 3.54. The van der Waals surface area contributed by atoms with Crippen molar-refractivity contribution < 1.29 is 0 Å². The minimum atomic E-state index is 0.485. The highest BCUT2D eigenvalue weighted by molar-refractivity contribution is 9.10. The largest absolute Gasteiger partial charge is 0.384 e. The number of fused-ring (bicyclic) bond motifs is 2. The molecule has 0 amide bonds. The second-order valence-corrected chi connectivity index (χ2v) is 5.22. The van der Waals surface area contributed by atoms with Crippen LogP contribution < -0.4 is 5.32 Å². The standard InChI is InChI=1S/C11H12BrN/c1-7-5-11(7)6-13-10-3-2-8(12)4-9(10)11/h2-4,7,13H,5-6H2,1H3. The van der Waals surface area contributed by atoms with E-state index >= 15 is 0 Å². The van der Waals surface area contributed by atoms with Crippen molar-refractivity contribution in [3.8, 4) is 0 Å². The molecule has 1 nitrogen and oxygen atoms in total. The van der Waals surface area contributed by atoms with Crippen molar-refractivity contribution in [3.63, 3.8) is 0 Å². The molecule has 2 aliphatic rings. The van der Waals surface area contributed by atoms with E-state index in [9.17, 15) is 0 Å². The van der Waals surface area contributed by atoms with Gasteiger partial charge in [0.25, 0.3) is 0 Å². The molecule has 3 rings (SSSR count). The first-order chi connectivity index (χ1) is 6.22. The molecule has 1 aliphatic carbocycles. The maximum absolute atomic E-state index is 3.54. The Morgan fingerprint density at radius 3 is 3.00 bits per heavy atom. The van der Waals surface area contributed by atoms with E-state index in [4.69, 9.17) is 0 Å². The minimum absolute atomic E-state index is 0.485. The molecule has 1 heterocycles. The Labute approximate surface area is 86.7 Å². The van der Waals surface area contributed by atoms with Crippen molar-refractivity contribution in [2.24, 2.45) is 5.92 Å². The number of benzene rings is 1. The molecule has 1 aromatic rings. The smallest absolute Gasteiger partial charge is 0.0380 e. The molecule has 68 valence electrons. The second kappa shape index (κ2) is 2.30. The lowest BCUT2D eigenvalue weighted by molar-refractivity contribution is 0.696. The van der Waals surface area contributed by atoms with Gasteiger partial charge in [0.15, 0.2) is 0 Å². The summed E-state index contributed by atoms with van der Waals surface area (Å²) in [4.78, 5) is 0. The molecule has 13 heavy (non-hydrogen) atoms. The van der Waals surface area contributed by atoms with Gasteiger partial charge >= 0.3 is 0 Å². The van der Waals surface area contributed by atoms with Crippen molar-refractivity contribution in [1.82, 2.24) is 0 Å². The lowest BCUT2D eigenvalue weighted by Gasteiger charge is -2.07. The zero-order chi connectivity index (χ0) is 9.05. The van der Waals surface area contributed by atoms with Gasteiger partial charge in [0.1, 0.15) is 0 Å². The summed E-state index contributed by atoms with van der Waals surface area (Å²) in [5.41, 5.74) is 3.35. The first-order valence-electron chi connectivity index (χ1n) is 4.76. The van der Waals surface area contributed by atoms with Gasteiger partial charge in [-0.05, 0) is 36.1 Å². The van der Waals surface area contributed by atoms with Gasteiger partial charge in [-0.2, -0.15) is 0 Å². The second-order valence-electron chi connectivity index (χ2n) is 4.30. The van der Waals surface area contributed by atoms with Gasteiger partial charge in [0.2, 0.25) is 0 Å². The van der Waals surface area contributed by atoms with Crippen molar-refractivity contribution in [2.45, 2.75) is 18.8 Å². The maximum Gasteiger partial charge on any atom is 0.0380 e. The Morgan fingerprint density at radius 2 is 2.31 bits per heavy atom. The van der Waals surface area contributed by atoms with E-state index in [1.165, 1.54) is 22.1 Å². The molecule has 2 heteroatoms. The van der Waals surface area contributed by atoms with Gasteiger partial charge < -0.3 is 5.32 Å². The van der Waals surface area contributed by atoms with Crippen molar-refractivity contribution in [1.29, 1.82) is 0 Å². The summed E-state index contributed by atoms with van der Waals surface area (Å²) in [6.07, 6.45) is 1.35. The molecule has 0 saturated heterocycles. The van der Waals surface area contributed by atoms with Gasteiger partial charge in [-0.15, -0.1) is 0 Å². The van der Waals surface area contributed by atoms with E-state index < -0.39 is 0 Å².